The Hall–Kier alpha value is -2.44. The van der Waals surface area contributed by atoms with Crippen molar-refractivity contribution < 1.29 is 9.90 Å². The highest BCUT2D eigenvalue weighted by Gasteiger charge is 2.26. The molecule has 4 rings (SSSR count). The smallest absolute Gasteiger partial charge is 0.306 e. The van der Waals surface area contributed by atoms with E-state index in [0.717, 1.165) is 35.8 Å². The number of carbonyl (C=O) groups is 1. The largest absolute Gasteiger partial charge is 0.481 e. The summed E-state index contributed by atoms with van der Waals surface area (Å²) in [5.74, 6) is 0.739. The number of carboxylic acid groups (broad SMARTS) is 1. The van der Waals surface area contributed by atoms with Crippen molar-refractivity contribution in [2.75, 3.05) is 36.0 Å². The molecule has 138 valence electrons. The molecule has 2 aliphatic rings. The molecule has 0 unspecified atom stereocenters. The normalized spacial score (nSPS) is 19.5. The average Bonchev–Trinajstić information content (AvgIpc) is 2.96. The molecule has 2 aromatic rings. The van der Waals surface area contributed by atoms with E-state index in [0.29, 0.717) is 25.9 Å². The lowest BCUT2D eigenvalue weighted by Gasteiger charge is -2.31. The number of piperidine rings is 1. The number of rotatable bonds is 3. The van der Waals surface area contributed by atoms with Crippen LogP contribution in [0.1, 0.15) is 38.5 Å². The van der Waals surface area contributed by atoms with Gasteiger partial charge in [-0.05, 0) is 31.7 Å². The van der Waals surface area contributed by atoms with Crippen molar-refractivity contribution in [2.24, 2.45) is 5.92 Å². The zero-order valence-corrected chi connectivity index (χ0v) is 15.0. The van der Waals surface area contributed by atoms with E-state index in [-0.39, 0.29) is 5.92 Å². The van der Waals surface area contributed by atoms with Crippen LogP contribution in [0.2, 0.25) is 0 Å². The van der Waals surface area contributed by atoms with Gasteiger partial charge in [0, 0.05) is 38.6 Å². The van der Waals surface area contributed by atoms with Gasteiger partial charge in [0.2, 0.25) is 5.95 Å². The molecular weight excluding hydrogens is 330 g/mol. The minimum absolute atomic E-state index is 0.243. The minimum Gasteiger partial charge on any atom is -0.481 e. The van der Waals surface area contributed by atoms with Crippen LogP contribution < -0.4 is 9.80 Å². The first kappa shape index (κ1) is 17.0. The van der Waals surface area contributed by atoms with E-state index in [4.69, 9.17) is 4.98 Å². The third kappa shape index (κ3) is 3.43. The first-order chi connectivity index (χ1) is 12.7. The van der Waals surface area contributed by atoms with Gasteiger partial charge in [-0.3, -0.25) is 4.79 Å². The second kappa shape index (κ2) is 7.43. The van der Waals surface area contributed by atoms with Gasteiger partial charge in [-0.15, -0.1) is 0 Å². The third-order valence-corrected chi connectivity index (χ3v) is 5.51. The fraction of sp³-hybridized carbons (Fsp3) is 0.579. The maximum atomic E-state index is 11.2. The Bertz CT molecular complexity index is 781. The van der Waals surface area contributed by atoms with Crippen LogP contribution in [0.3, 0.4) is 0 Å². The maximum absolute atomic E-state index is 11.2. The van der Waals surface area contributed by atoms with Crippen LogP contribution >= 0.6 is 0 Å². The van der Waals surface area contributed by atoms with Crippen molar-refractivity contribution in [3.05, 3.63) is 18.5 Å². The van der Waals surface area contributed by atoms with Gasteiger partial charge in [-0.1, -0.05) is 12.8 Å². The monoisotopic (exact) mass is 355 g/mol. The highest BCUT2D eigenvalue weighted by atomic mass is 16.4. The second-order valence-electron chi connectivity index (χ2n) is 7.24. The molecular formula is C19H25N5O2. The van der Waals surface area contributed by atoms with Crippen molar-refractivity contribution in [3.63, 3.8) is 0 Å². The summed E-state index contributed by atoms with van der Waals surface area (Å²) in [6, 6.07) is 1.94. The van der Waals surface area contributed by atoms with Crippen LogP contribution in [0, 0.1) is 5.92 Å². The fourth-order valence-corrected chi connectivity index (χ4v) is 3.95. The molecule has 4 heterocycles. The summed E-state index contributed by atoms with van der Waals surface area (Å²) in [6.45, 7) is 3.45. The molecule has 0 atom stereocenters. The van der Waals surface area contributed by atoms with Gasteiger partial charge >= 0.3 is 5.97 Å². The number of aromatic nitrogens is 3. The summed E-state index contributed by atoms with van der Waals surface area (Å²) in [7, 11) is 0. The number of hydrogen-bond acceptors (Lipinski definition) is 6. The van der Waals surface area contributed by atoms with Crippen LogP contribution in [0.15, 0.2) is 18.5 Å². The number of fused-ring (bicyclic) bond motifs is 1. The predicted octanol–water partition coefficient (Wildman–Crippen LogP) is 2.71. The Kier molecular flexibility index (Phi) is 4.86. The highest BCUT2D eigenvalue weighted by Crippen LogP contribution is 2.28. The molecule has 26 heavy (non-hydrogen) atoms. The first-order valence-electron chi connectivity index (χ1n) is 9.57. The highest BCUT2D eigenvalue weighted by molar-refractivity contribution is 5.89. The molecule has 0 spiro atoms. The molecule has 0 aliphatic carbocycles. The molecule has 2 aromatic heterocycles. The maximum Gasteiger partial charge on any atom is 0.306 e. The van der Waals surface area contributed by atoms with E-state index in [1.165, 1.54) is 25.7 Å². The number of anilines is 2. The number of aliphatic carboxylic acids is 1. The van der Waals surface area contributed by atoms with Gasteiger partial charge in [-0.25, -0.2) is 15.0 Å². The van der Waals surface area contributed by atoms with E-state index < -0.39 is 5.97 Å². The van der Waals surface area contributed by atoms with Gasteiger partial charge in [0.1, 0.15) is 5.82 Å². The zero-order chi connectivity index (χ0) is 17.9. The van der Waals surface area contributed by atoms with Gasteiger partial charge in [-0.2, -0.15) is 0 Å². The van der Waals surface area contributed by atoms with E-state index in [1.807, 2.05) is 12.3 Å². The number of carboxylic acids is 1. The number of nitrogens with zero attached hydrogens (tertiary/aromatic N) is 5. The summed E-state index contributed by atoms with van der Waals surface area (Å²) >= 11 is 0. The molecule has 1 N–H and O–H groups in total. The van der Waals surface area contributed by atoms with Gasteiger partial charge in [0.15, 0.2) is 0 Å². The average molecular weight is 355 g/mol. The minimum atomic E-state index is -0.694. The molecule has 0 radical (unpaired) electrons. The third-order valence-electron chi connectivity index (χ3n) is 5.51. The van der Waals surface area contributed by atoms with Crippen LogP contribution in [0.4, 0.5) is 11.8 Å². The van der Waals surface area contributed by atoms with Gasteiger partial charge in [0.25, 0.3) is 0 Å². The van der Waals surface area contributed by atoms with Gasteiger partial charge < -0.3 is 14.9 Å². The summed E-state index contributed by atoms with van der Waals surface area (Å²) < 4.78 is 0. The lowest BCUT2D eigenvalue weighted by atomic mass is 9.97. The molecule has 0 saturated carbocycles. The fourth-order valence-electron chi connectivity index (χ4n) is 3.95. The summed E-state index contributed by atoms with van der Waals surface area (Å²) in [5, 5.41) is 10.1. The summed E-state index contributed by atoms with van der Waals surface area (Å²) in [5.41, 5.74) is 0.907. The summed E-state index contributed by atoms with van der Waals surface area (Å²) in [4.78, 5) is 29.6. The topological polar surface area (TPSA) is 82.4 Å². The molecule has 2 fully saturated rings. The van der Waals surface area contributed by atoms with E-state index in [2.05, 4.69) is 19.8 Å². The van der Waals surface area contributed by atoms with E-state index >= 15 is 0 Å². The molecule has 0 aromatic carbocycles. The zero-order valence-electron chi connectivity index (χ0n) is 15.0. The summed E-state index contributed by atoms with van der Waals surface area (Å²) in [6.07, 6.45) is 9.94. The van der Waals surface area contributed by atoms with Crippen LogP contribution in [-0.4, -0.2) is 52.2 Å². The van der Waals surface area contributed by atoms with Crippen molar-refractivity contribution >= 4 is 28.6 Å². The Morgan fingerprint density at radius 1 is 1.00 bits per heavy atom. The Balaban J connectivity index is 1.58. The lowest BCUT2D eigenvalue weighted by molar-refractivity contribution is -0.142. The lowest BCUT2D eigenvalue weighted by Crippen LogP contribution is -2.36. The molecule has 0 amide bonds. The van der Waals surface area contributed by atoms with E-state index in [1.54, 1.807) is 6.20 Å². The van der Waals surface area contributed by atoms with Crippen molar-refractivity contribution in [1.82, 2.24) is 15.0 Å². The molecule has 0 bridgehead atoms. The Morgan fingerprint density at radius 2 is 1.73 bits per heavy atom. The Labute approximate surface area is 153 Å². The van der Waals surface area contributed by atoms with Crippen molar-refractivity contribution in [2.45, 2.75) is 38.5 Å². The molecule has 2 saturated heterocycles. The van der Waals surface area contributed by atoms with Crippen LogP contribution in [0.5, 0.6) is 0 Å². The van der Waals surface area contributed by atoms with Gasteiger partial charge in [0.05, 0.1) is 16.8 Å². The SMILES string of the molecule is O=C(O)C1CCN(c2nccc3nc(N4CCCCCC4)ncc23)CC1. The Morgan fingerprint density at radius 3 is 2.42 bits per heavy atom. The number of hydrogen-bond donors (Lipinski definition) is 1. The quantitative estimate of drug-likeness (QED) is 0.906. The van der Waals surface area contributed by atoms with Crippen LogP contribution in [-0.2, 0) is 4.79 Å². The predicted molar refractivity (Wildman–Crippen MR) is 101 cm³/mol. The number of pyridine rings is 1. The molecule has 7 nitrogen and oxygen atoms in total. The first-order valence-corrected chi connectivity index (χ1v) is 9.57. The van der Waals surface area contributed by atoms with Crippen LogP contribution in [0.25, 0.3) is 10.9 Å². The second-order valence-corrected chi connectivity index (χ2v) is 7.24. The molecule has 7 heteroatoms. The molecule has 2 aliphatic heterocycles. The van der Waals surface area contributed by atoms with Crippen molar-refractivity contribution in [3.8, 4) is 0 Å². The van der Waals surface area contributed by atoms with E-state index in [9.17, 15) is 9.90 Å². The van der Waals surface area contributed by atoms with Crippen molar-refractivity contribution in [1.29, 1.82) is 0 Å². The standard InChI is InChI=1S/C19H25N5O2/c25-18(26)14-6-11-23(12-7-14)17-15-13-21-19(22-16(15)5-8-20-17)24-9-3-1-2-4-10-24/h5,8,13-14H,1-4,6-7,9-12H2,(H,25,26).